The fourth-order valence-corrected chi connectivity index (χ4v) is 3.16. The molecule has 0 heterocycles. The van der Waals surface area contributed by atoms with Crippen LogP contribution in [0.2, 0.25) is 5.02 Å². The van der Waals surface area contributed by atoms with Crippen LogP contribution in [0.1, 0.15) is 29.0 Å². The van der Waals surface area contributed by atoms with Crippen molar-refractivity contribution >= 4 is 23.0 Å². The molecule has 0 saturated carbocycles. The second kappa shape index (κ2) is 5.98. The van der Waals surface area contributed by atoms with E-state index in [4.69, 9.17) is 17.3 Å². The number of hydrogen-bond donors (Lipinski definition) is 1. The number of nitrogens with two attached hydrogens (primary N) is 1. The van der Waals surface area contributed by atoms with Crippen LogP contribution in [0.5, 0.6) is 0 Å². The molecule has 24 heavy (non-hydrogen) atoms. The van der Waals surface area contributed by atoms with Gasteiger partial charge in [0.2, 0.25) is 0 Å². The van der Waals surface area contributed by atoms with Crippen molar-refractivity contribution in [1.29, 1.82) is 0 Å². The van der Waals surface area contributed by atoms with Crippen LogP contribution in [0.15, 0.2) is 54.2 Å². The van der Waals surface area contributed by atoms with Crippen molar-refractivity contribution in [2.45, 2.75) is 18.5 Å². The minimum Gasteiger partial charge on any atom is -0.401 e. The summed E-state index contributed by atoms with van der Waals surface area (Å²) in [5.74, 6) is -0.761. The molecule has 3 rings (SSSR count). The molecule has 124 valence electrons. The van der Waals surface area contributed by atoms with Crippen molar-refractivity contribution in [3.8, 4) is 0 Å². The molecule has 1 aliphatic carbocycles. The van der Waals surface area contributed by atoms with E-state index < -0.39 is 17.7 Å². The van der Waals surface area contributed by atoms with Crippen molar-refractivity contribution in [3.63, 3.8) is 0 Å². The Kier molecular flexibility index (Phi) is 4.13. The van der Waals surface area contributed by atoms with Gasteiger partial charge in [0.25, 0.3) is 0 Å². The largest absolute Gasteiger partial charge is 0.416 e. The van der Waals surface area contributed by atoms with Gasteiger partial charge in [-0.25, -0.2) is 0 Å². The van der Waals surface area contributed by atoms with E-state index >= 15 is 0 Å². The number of allylic oxidation sites excluding steroid dienone is 2. The van der Waals surface area contributed by atoms with Crippen LogP contribution in [-0.4, -0.2) is 5.78 Å². The number of ketones is 1. The fraction of sp³-hybridized carbons (Fsp3) is 0.167. The smallest absolute Gasteiger partial charge is 0.401 e. The average Bonchev–Trinajstić information content (AvgIpc) is 2.81. The summed E-state index contributed by atoms with van der Waals surface area (Å²) in [5.41, 5.74) is 6.37. The second-order valence-electron chi connectivity index (χ2n) is 5.66. The molecule has 0 radical (unpaired) electrons. The van der Waals surface area contributed by atoms with E-state index in [1.165, 1.54) is 6.07 Å². The summed E-state index contributed by atoms with van der Waals surface area (Å²) in [6.45, 7) is 0. The maximum atomic E-state index is 13.0. The third kappa shape index (κ3) is 3.04. The quantitative estimate of drug-likeness (QED) is 0.845. The first-order valence-corrected chi connectivity index (χ1v) is 7.61. The lowest BCUT2D eigenvalue weighted by Gasteiger charge is -2.12. The topological polar surface area (TPSA) is 43.1 Å². The maximum Gasteiger partial charge on any atom is 0.416 e. The Hall–Kier alpha value is -2.27. The van der Waals surface area contributed by atoms with Crippen molar-refractivity contribution < 1.29 is 18.0 Å². The first-order chi connectivity index (χ1) is 11.3. The molecule has 2 aromatic rings. The normalized spacial score (nSPS) is 18.3. The Balaban J connectivity index is 2.02. The summed E-state index contributed by atoms with van der Waals surface area (Å²) >= 11 is 5.81. The summed E-state index contributed by atoms with van der Waals surface area (Å²) in [7, 11) is 0. The summed E-state index contributed by atoms with van der Waals surface area (Å²) in [5, 5.41) is -0.0870. The highest BCUT2D eigenvalue weighted by Gasteiger charge is 2.36. The molecule has 1 atom stereocenters. The molecule has 0 spiro atoms. The fourth-order valence-electron chi connectivity index (χ4n) is 2.93. The molecule has 6 heteroatoms. The minimum absolute atomic E-state index is 0.0870. The molecular weight excluding hydrogens is 339 g/mol. The molecule has 0 fully saturated rings. The molecule has 2 N–H and O–H groups in total. The Bertz CT molecular complexity index is 828. The predicted octanol–water partition coefficient (Wildman–Crippen LogP) is 4.79. The van der Waals surface area contributed by atoms with Crippen LogP contribution in [0.4, 0.5) is 13.2 Å². The van der Waals surface area contributed by atoms with Gasteiger partial charge in [0, 0.05) is 22.7 Å². The molecule has 2 nitrogen and oxygen atoms in total. The maximum absolute atomic E-state index is 13.0. The van der Waals surface area contributed by atoms with E-state index in [1.54, 1.807) is 24.3 Å². The van der Waals surface area contributed by atoms with Crippen LogP contribution in [0.3, 0.4) is 0 Å². The van der Waals surface area contributed by atoms with Gasteiger partial charge in [-0.15, -0.1) is 0 Å². The van der Waals surface area contributed by atoms with Crippen LogP contribution < -0.4 is 5.73 Å². The third-order valence-electron chi connectivity index (χ3n) is 4.02. The standard InChI is InChI=1S/C18H13ClF3NO/c19-13-7-11(6-12(8-13)18(20,21)22)16-15(23)9-14(17(16)24)10-4-2-1-3-5-10/h1-8,14H,9,23H2. The van der Waals surface area contributed by atoms with Crippen molar-refractivity contribution in [2.24, 2.45) is 5.73 Å². The third-order valence-corrected chi connectivity index (χ3v) is 4.24. The van der Waals surface area contributed by atoms with Crippen LogP contribution in [-0.2, 0) is 11.0 Å². The Labute approximate surface area is 141 Å². The molecule has 0 bridgehead atoms. The summed E-state index contributed by atoms with van der Waals surface area (Å²) in [4.78, 5) is 12.7. The number of carbonyl (C=O) groups excluding carboxylic acids is 1. The zero-order chi connectivity index (χ0) is 17.5. The van der Waals surface area contributed by atoms with Crippen LogP contribution in [0.25, 0.3) is 5.57 Å². The highest BCUT2D eigenvalue weighted by molar-refractivity contribution is 6.32. The van der Waals surface area contributed by atoms with E-state index in [0.717, 1.165) is 17.7 Å². The van der Waals surface area contributed by atoms with Crippen LogP contribution >= 0.6 is 11.6 Å². The highest BCUT2D eigenvalue weighted by atomic mass is 35.5. The highest BCUT2D eigenvalue weighted by Crippen LogP contribution is 2.40. The molecule has 1 aliphatic rings. The van der Waals surface area contributed by atoms with E-state index in [1.807, 2.05) is 6.07 Å². The molecule has 0 amide bonds. The predicted molar refractivity (Wildman–Crippen MR) is 86.4 cm³/mol. The summed E-state index contributed by atoms with van der Waals surface area (Å²) in [6.07, 6.45) is -4.26. The van der Waals surface area contributed by atoms with Gasteiger partial charge in [0.15, 0.2) is 5.78 Å². The van der Waals surface area contributed by atoms with E-state index in [0.29, 0.717) is 0 Å². The zero-order valence-corrected chi connectivity index (χ0v) is 13.2. The number of hydrogen-bond acceptors (Lipinski definition) is 2. The van der Waals surface area contributed by atoms with Crippen molar-refractivity contribution in [1.82, 2.24) is 0 Å². The first kappa shape index (κ1) is 16.6. The van der Waals surface area contributed by atoms with Crippen molar-refractivity contribution in [3.05, 3.63) is 75.9 Å². The number of carbonyl (C=O) groups is 1. The lowest BCUT2D eigenvalue weighted by Crippen LogP contribution is -2.10. The number of rotatable bonds is 2. The van der Waals surface area contributed by atoms with Crippen molar-refractivity contribution in [2.75, 3.05) is 0 Å². The number of Topliss-reactive ketones (excluding diaryl/α,β-unsaturated/α-hetero) is 1. The van der Waals surface area contributed by atoms with Gasteiger partial charge in [0.05, 0.1) is 11.5 Å². The average molecular weight is 352 g/mol. The van der Waals surface area contributed by atoms with Gasteiger partial charge in [-0.1, -0.05) is 41.9 Å². The minimum atomic E-state index is -4.55. The Morgan fingerprint density at radius 1 is 1.08 bits per heavy atom. The van der Waals surface area contributed by atoms with Gasteiger partial charge in [-0.05, 0) is 29.3 Å². The monoisotopic (exact) mass is 351 g/mol. The second-order valence-corrected chi connectivity index (χ2v) is 6.09. The van der Waals surface area contributed by atoms with Gasteiger partial charge < -0.3 is 5.73 Å². The van der Waals surface area contributed by atoms with E-state index in [9.17, 15) is 18.0 Å². The number of halogens is 4. The zero-order valence-electron chi connectivity index (χ0n) is 12.4. The molecular formula is C18H13ClF3NO. The SMILES string of the molecule is NC1=C(c2cc(Cl)cc(C(F)(F)F)c2)C(=O)C(c2ccccc2)C1. The van der Waals surface area contributed by atoms with Gasteiger partial charge in [-0.3, -0.25) is 4.79 Å². The molecule has 1 unspecified atom stereocenters. The lowest BCUT2D eigenvalue weighted by molar-refractivity contribution is -0.137. The van der Waals surface area contributed by atoms with E-state index in [-0.39, 0.29) is 34.1 Å². The molecule has 0 aliphatic heterocycles. The summed E-state index contributed by atoms with van der Waals surface area (Å²) in [6, 6.07) is 12.1. The lowest BCUT2D eigenvalue weighted by atomic mass is 9.92. The number of alkyl halides is 3. The van der Waals surface area contributed by atoms with Gasteiger partial charge >= 0.3 is 6.18 Å². The Morgan fingerprint density at radius 3 is 2.38 bits per heavy atom. The molecule has 0 saturated heterocycles. The summed E-state index contributed by atoms with van der Waals surface area (Å²) < 4.78 is 38.9. The van der Waals surface area contributed by atoms with Gasteiger partial charge in [-0.2, -0.15) is 13.2 Å². The first-order valence-electron chi connectivity index (χ1n) is 7.23. The molecule has 0 aromatic heterocycles. The molecule has 2 aromatic carbocycles. The van der Waals surface area contributed by atoms with Gasteiger partial charge in [0.1, 0.15) is 0 Å². The Morgan fingerprint density at radius 2 is 1.75 bits per heavy atom. The van der Waals surface area contributed by atoms with E-state index in [2.05, 4.69) is 0 Å². The van der Waals surface area contributed by atoms with Crippen LogP contribution in [0, 0.1) is 0 Å². The number of benzene rings is 2.